The van der Waals surface area contributed by atoms with Crippen LogP contribution in [0.2, 0.25) is 0 Å². The molecule has 92 valence electrons. The number of aromatic nitrogens is 4. The van der Waals surface area contributed by atoms with Crippen LogP contribution in [0.3, 0.4) is 0 Å². The third kappa shape index (κ3) is 2.71. The van der Waals surface area contributed by atoms with Crippen LogP contribution in [-0.2, 0) is 16.4 Å². The van der Waals surface area contributed by atoms with E-state index in [1.54, 1.807) is 19.3 Å². The Balaban J connectivity index is 1.97. The fraction of sp³-hybridized carbons (Fsp3) is 0.333. The van der Waals surface area contributed by atoms with Crippen LogP contribution in [0.15, 0.2) is 23.5 Å². The first-order valence-electron chi connectivity index (χ1n) is 5.07. The van der Waals surface area contributed by atoms with E-state index in [0.717, 1.165) is 5.82 Å². The van der Waals surface area contributed by atoms with Crippen LogP contribution in [-0.4, -0.2) is 35.1 Å². The first-order valence-corrected chi connectivity index (χ1v) is 6.56. The maximum absolute atomic E-state index is 11.8. The first-order chi connectivity index (χ1) is 8.09. The lowest BCUT2D eigenvalue weighted by atomic mass is 10.4. The van der Waals surface area contributed by atoms with Gasteiger partial charge in [0, 0.05) is 25.4 Å². The molecule has 2 rings (SSSR count). The Morgan fingerprint density at radius 3 is 2.88 bits per heavy atom. The normalized spacial score (nSPS) is 11.8. The zero-order chi connectivity index (χ0) is 12.3. The summed E-state index contributed by atoms with van der Waals surface area (Å²) < 4.78 is 26.2. The van der Waals surface area contributed by atoms with E-state index in [1.807, 2.05) is 0 Å². The summed E-state index contributed by atoms with van der Waals surface area (Å²) in [4.78, 5) is 7.09. The van der Waals surface area contributed by atoms with Crippen LogP contribution < -0.4 is 4.72 Å². The quantitative estimate of drug-likeness (QED) is 0.697. The number of nitrogens with zero attached hydrogens (tertiary/aromatic N) is 2. The second-order valence-corrected chi connectivity index (χ2v) is 5.28. The zero-order valence-electron chi connectivity index (χ0n) is 9.27. The van der Waals surface area contributed by atoms with Crippen molar-refractivity contribution < 1.29 is 8.42 Å². The summed E-state index contributed by atoms with van der Waals surface area (Å²) in [5, 5.41) is 6.27. The molecular formula is C9H13N5O2S. The highest BCUT2D eigenvalue weighted by molar-refractivity contribution is 7.89. The number of H-pyrrole nitrogens is 2. The van der Waals surface area contributed by atoms with Crippen molar-refractivity contribution in [2.45, 2.75) is 18.2 Å². The Kier molecular flexibility index (Phi) is 3.25. The minimum atomic E-state index is -3.49. The van der Waals surface area contributed by atoms with Crippen LogP contribution >= 0.6 is 0 Å². The molecule has 0 unspecified atom stereocenters. The molecular weight excluding hydrogens is 242 g/mol. The molecule has 7 nitrogen and oxygen atoms in total. The Hall–Kier alpha value is -1.67. The van der Waals surface area contributed by atoms with Crippen LogP contribution in [0.5, 0.6) is 0 Å². The van der Waals surface area contributed by atoms with Gasteiger partial charge in [-0.25, -0.2) is 18.1 Å². The minimum absolute atomic E-state index is 0.178. The zero-order valence-corrected chi connectivity index (χ0v) is 10.1. The maximum atomic E-state index is 11.8. The van der Waals surface area contributed by atoms with Gasteiger partial charge in [0.15, 0.2) is 0 Å². The van der Waals surface area contributed by atoms with Gasteiger partial charge in [-0.1, -0.05) is 0 Å². The third-order valence-electron chi connectivity index (χ3n) is 2.28. The van der Waals surface area contributed by atoms with Crippen molar-refractivity contribution >= 4 is 10.0 Å². The largest absolute Gasteiger partial charge is 0.349 e. The summed E-state index contributed by atoms with van der Waals surface area (Å²) in [7, 11) is -3.49. The number of aryl methyl sites for hydroxylation is 1. The Morgan fingerprint density at radius 1 is 1.47 bits per heavy atom. The summed E-state index contributed by atoms with van der Waals surface area (Å²) in [5.41, 5.74) is 0.524. The number of aromatic amines is 2. The number of hydrogen-bond acceptors (Lipinski definition) is 4. The summed E-state index contributed by atoms with van der Waals surface area (Å²) in [6, 6.07) is 0. The molecule has 8 heteroatoms. The van der Waals surface area contributed by atoms with Crippen molar-refractivity contribution in [3.05, 3.63) is 30.1 Å². The highest BCUT2D eigenvalue weighted by atomic mass is 32.2. The van der Waals surface area contributed by atoms with E-state index in [1.165, 1.54) is 6.20 Å². The van der Waals surface area contributed by atoms with Crippen LogP contribution in [0.1, 0.15) is 11.5 Å². The predicted molar refractivity (Wildman–Crippen MR) is 60.8 cm³/mol. The molecule has 17 heavy (non-hydrogen) atoms. The lowest BCUT2D eigenvalue weighted by Gasteiger charge is -2.04. The summed E-state index contributed by atoms with van der Waals surface area (Å²) in [6.45, 7) is 1.95. The molecule has 0 amide bonds. The standard InChI is InChI=1S/C9H13N5O2S/c1-7-8(6-12-14-7)17(15,16)13-3-2-9-10-4-5-11-9/h4-6,13H,2-3H2,1H3,(H,10,11)(H,12,14). The molecule has 2 heterocycles. The number of hydrogen-bond donors (Lipinski definition) is 3. The lowest BCUT2D eigenvalue weighted by molar-refractivity contribution is 0.580. The highest BCUT2D eigenvalue weighted by Gasteiger charge is 2.17. The summed E-state index contributed by atoms with van der Waals surface area (Å²) >= 11 is 0. The van der Waals surface area contributed by atoms with Gasteiger partial charge in [0.1, 0.15) is 10.7 Å². The van der Waals surface area contributed by atoms with E-state index in [9.17, 15) is 8.42 Å². The van der Waals surface area contributed by atoms with Crippen LogP contribution in [0, 0.1) is 6.92 Å². The van der Waals surface area contributed by atoms with Crippen molar-refractivity contribution in [1.82, 2.24) is 24.9 Å². The highest BCUT2D eigenvalue weighted by Crippen LogP contribution is 2.10. The molecule has 0 bridgehead atoms. The number of imidazole rings is 1. The number of sulfonamides is 1. The first kappa shape index (κ1) is 11.8. The minimum Gasteiger partial charge on any atom is -0.349 e. The van der Waals surface area contributed by atoms with Crippen molar-refractivity contribution in [1.29, 1.82) is 0 Å². The van der Waals surface area contributed by atoms with E-state index < -0.39 is 10.0 Å². The van der Waals surface area contributed by atoms with Gasteiger partial charge >= 0.3 is 0 Å². The van der Waals surface area contributed by atoms with Crippen molar-refractivity contribution in [3.63, 3.8) is 0 Å². The summed E-state index contributed by atoms with van der Waals surface area (Å²) in [6.07, 6.45) is 5.14. The fourth-order valence-electron chi connectivity index (χ4n) is 1.43. The second kappa shape index (κ2) is 4.68. The van der Waals surface area contributed by atoms with Gasteiger partial charge < -0.3 is 4.98 Å². The van der Waals surface area contributed by atoms with Crippen LogP contribution in [0.25, 0.3) is 0 Å². The van der Waals surface area contributed by atoms with Gasteiger partial charge in [-0.2, -0.15) is 5.10 Å². The topological polar surface area (TPSA) is 104 Å². The Morgan fingerprint density at radius 2 is 2.29 bits per heavy atom. The molecule has 2 aromatic rings. The molecule has 0 saturated carbocycles. The molecule has 0 atom stereocenters. The lowest BCUT2D eigenvalue weighted by Crippen LogP contribution is -2.26. The molecule has 3 N–H and O–H groups in total. The second-order valence-electron chi connectivity index (χ2n) is 3.54. The molecule has 0 aliphatic carbocycles. The SMILES string of the molecule is Cc1[nH]ncc1S(=O)(=O)NCCc1ncc[nH]1. The van der Waals surface area contributed by atoms with Crippen molar-refractivity contribution in [2.24, 2.45) is 0 Å². The molecule has 0 spiro atoms. The van der Waals surface area contributed by atoms with E-state index in [-0.39, 0.29) is 4.90 Å². The van der Waals surface area contributed by atoms with Crippen molar-refractivity contribution in [3.8, 4) is 0 Å². The Bertz CT molecular complexity index is 572. The van der Waals surface area contributed by atoms with Crippen LogP contribution in [0.4, 0.5) is 0 Å². The molecule has 2 aromatic heterocycles. The monoisotopic (exact) mass is 255 g/mol. The van der Waals surface area contributed by atoms with Gasteiger partial charge in [-0.15, -0.1) is 0 Å². The third-order valence-corrected chi connectivity index (χ3v) is 3.86. The van der Waals surface area contributed by atoms with E-state index in [4.69, 9.17) is 0 Å². The average molecular weight is 255 g/mol. The van der Waals surface area contributed by atoms with E-state index in [0.29, 0.717) is 18.7 Å². The molecule has 0 radical (unpaired) electrons. The van der Waals surface area contributed by atoms with Gasteiger partial charge in [-0.3, -0.25) is 5.10 Å². The summed E-state index contributed by atoms with van der Waals surface area (Å²) in [5.74, 6) is 0.747. The van der Waals surface area contributed by atoms with Crippen molar-refractivity contribution in [2.75, 3.05) is 6.54 Å². The number of rotatable bonds is 5. The Labute approximate surface area is 98.7 Å². The van der Waals surface area contributed by atoms with Gasteiger partial charge in [-0.05, 0) is 6.92 Å². The molecule has 0 fully saturated rings. The van der Waals surface area contributed by atoms with Gasteiger partial charge in [0.2, 0.25) is 10.0 Å². The molecule has 0 aromatic carbocycles. The maximum Gasteiger partial charge on any atom is 0.243 e. The van der Waals surface area contributed by atoms with Gasteiger partial charge in [0.25, 0.3) is 0 Å². The predicted octanol–water partition coefficient (Wildman–Crippen LogP) is -0.0378. The smallest absolute Gasteiger partial charge is 0.243 e. The molecule has 0 saturated heterocycles. The van der Waals surface area contributed by atoms with Gasteiger partial charge in [0.05, 0.1) is 11.9 Å². The average Bonchev–Trinajstić information content (AvgIpc) is 2.88. The fourth-order valence-corrected chi connectivity index (χ4v) is 2.59. The molecule has 0 aliphatic heterocycles. The van der Waals surface area contributed by atoms with E-state index >= 15 is 0 Å². The molecule has 0 aliphatic rings. The van der Waals surface area contributed by atoms with E-state index in [2.05, 4.69) is 24.9 Å². The number of nitrogens with one attached hydrogen (secondary N) is 3.